The number of hydrogen-bond donors (Lipinski definition) is 0. The summed E-state index contributed by atoms with van der Waals surface area (Å²) in [6.07, 6.45) is 0. The van der Waals surface area contributed by atoms with Gasteiger partial charge < -0.3 is 9.80 Å². The van der Waals surface area contributed by atoms with Crippen LogP contribution in [0.4, 0.5) is 39.8 Å². The zero-order valence-corrected chi connectivity index (χ0v) is 33.1. The van der Waals surface area contributed by atoms with E-state index < -0.39 is 8.07 Å². The number of anilines is 6. The summed E-state index contributed by atoms with van der Waals surface area (Å²) in [7, 11) is -2.29. The Hall–Kier alpha value is -7.45. The monoisotopic (exact) mass is 757 g/mol. The first-order valence-corrected chi connectivity index (χ1v) is 22.2. The molecule has 0 amide bonds. The van der Waals surface area contributed by atoms with Crippen molar-refractivity contribution in [1.82, 2.24) is 0 Å². The van der Waals surface area contributed by atoms with E-state index >= 15 is 0 Å². The highest BCUT2D eigenvalue weighted by Gasteiger charge is 2.34. The zero-order chi connectivity index (χ0) is 39.1. The SMILES string of the molecule is [C-]#[N+]c1ccc(N(c2ccccc2)c2ccc3ccc4c(N(c5ccccc5)c5ccc([Si](C)(c6ccccc6)c6ccccc6)cc5)ccc5ccc2c3c54)cc1. The summed E-state index contributed by atoms with van der Waals surface area (Å²) in [4.78, 5) is 8.38. The average Bonchev–Trinajstić information content (AvgIpc) is 3.30. The van der Waals surface area contributed by atoms with E-state index in [4.69, 9.17) is 6.57 Å². The van der Waals surface area contributed by atoms with Gasteiger partial charge >= 0.3 is 0 Å². The maximum atomic E-state index is 7.54. The standard InChI is InChI=1S/C54H39N3Si/c1-55-41-27-29-44(30-28-41)56(42-15-7-3-8-16-42)51-37-25-39-24-36-50-52(38-26-40-23-35-49(51)53(39)54(40)50)57(43-17-9-4-10-18-43)45-31-33-48(34-32-45)58(2,46-19-11-5-12-20-46)47-21-13-6-14-22-47/h3-38H,2H3. The first-order valence-electron chi connectivity index (χ1n) is 19.7. The first-order chi connectivity index (χ1) is 28.6. The maximum absolute atomic E-state index is 7.54. The van der Waals surface area contributed by atoms with E-state index in [0.717, 1.165) is 34.1 Å². The molecular weight excluding hydrogens is 719 g/mol. The van der Waals surface area contributed by atoms with Crippen molar-refractivity contribution in [2.45, 2.75) is 6.55 Å². The summed E-state index contributed by atoms with van der Waals surface area (Å²) in [5.41, 5.74) is 7.13. The quantitative estimate of drug-likeness (QED) is 0.0628. The number of benzene rings is 10. The van der Waals surface area contributed by atoms with Crippen molar-refractivity contribution in [3.05, 3.63) is 230 Å². The van der Waals surface area contributed by atoms with Gasteiger partial charge in [0.15, 0.2) is 5.69 Å². The molecule has 274 valence electrons. The average molecular weight is 758 g/mol. The number of rotatable bonds is 9. The summed E-state index contributed by atoms with van der Waals surface area (Å²) in [5, 5.41) is 11.4. The Kier molecular flexibility index (Phi) is 8.79. The molecule has 0 saturated carbocycles. The molecule has 0 atom stereocenters. The largest absolute Gasteiger partial charge is 0.310 e. The molecule has 4 heteroatoms. The molecule has 0 aliphatic rings. The molecule has 3 nitrogen and oxygen atoms in total. The summed E-state index contributed by atoms with van der Waals surface area (Å²) in [6.45, 7) is 10.0. The molecule has 10 aromatic rings. The third-order valence-corrected chi connectivity index (χ3v) is 16.2. The van der Waals surface area contributed by atoms with Crippen molar-refractivity contribution >= 4 is 95.8 Å². The predicted molar refractivity (Wildman–Crippen MR) is 249 cm³/mol. The highest BCUT2D eigenvalue weighted by atomic mass is 28.3. The van der Waals surface area contributed by atoms with Crippen LogP contribution >= 0.6 is 0 Å². The molecule has 0 spiro atoms. The third-order valence-electron chi connectivity index (χ3n) is 11.8. The second-order valence-electron chi connectivity index (χ2n) is 15.0. The van der Waals surface area contributed by atoms with Crippen molar-refractivity contribution in [2.75, 3.05) is 9.80 Å². The van der Waals surface area contributed by atoms with Gasteiger partial charge in [0, 0.05) is 33.5 Å². The van der Waals surface area contributed by atoms with Crippen LogP contribution in [0.25, 0.3) is 37.2 Å². The molecule has 0 fully saturated rings. The fourth-order valence-electron chi connectivity index (χ4n) is 8.83. The number of para-hydroxylation sites is 2. The highest BCUT2D eigenvalue weighted by Crippen LogP contribution is 2.47. The smallest absolute Gasteiger partial charge is 0.187 e. The highest BCUT2D eigenvalue weighted by molar-refractivity contribution is 7.10. The van der Waals surface area contributed by atoms with Crippen LogP contribution < -0.4 is 25.4 Å². The molecule has 0 radical (unpaired) electrons. The topological polar surface area (TPSA) is 10.8 Å². The van der Waals surface area contributed by atoms with Crippen molar-refractivity contribution in [3.8, 4) is 0 Å². The summed E-state index contributed by atoms with van der Waals surface area (Å²) in [6, 6.07) is 78.7. The van der Waals surface area contributed by atoms with E-state index in [2.05, 4.69) is 215 Å². The van der Waals surface area contributed by atoms with Gasteiger partial charge in [0.25, 0.3) is 0 Å². The fourth-order valence-corrected chi connectivity index (χ4v) is 12.4. The Balaban J connectivity index is 1.15. The molecule has 0 N–H and O–H groups in total. The minimum absolute atomic E-state index is 0.626. The predicted octanol–water partition coefficient (Wildman–Crippen LogP) is 13.2. The maximum Gasteiger partial charge on any atom is 0.187 e. The Labute approximate surface area is 340 Å². The molecule has 58 heavy (non-hydrogen) atoms. The van der Waals surface area contributed by atoms with Crippen LogP contribution in [0.1, 0.15) is 0 Å². The van der Waals surface area contributed by atoms with Gasteiger partial charge in [0.2, 0.25) is 0 Å². The third kappa shape index (κ3) is 5.89. The molecule has 0 saturated heterocycles. The van der Waals surface area contributed by atoms with E-state index in [-0.39, 0.29) is 0 Å². The Morgan fingerprint density at radius 1 is 0.362 bits per heavy atom. The Morgan fingerprint density at radius 2 is 0.707 bits per heavy atom. The van der Waals surface area contributed by atoms with E-state index in [1.807, 2.05) is 24.3 Å². The molecule has 10 rings (SSSR count). The van der Waals surface area contributed by atoms with Gasteiger partial charge in [-0.25, -0.2) is 4.85 Å². The Morgan fingerprint density at radius 3 is 1.12 bits per heavy atom. The van der Waals surface area contributed by atoms with E-state index in [0.29, 0.717) is 5.69 Å². The van der Waals surface area contributed by atoms with E-state index in [9.17, 15) is 0 Å². The van der Waals surface area contributed by atoms with Gasteiger partial charge in [-0.1, -0.05) is 164 Å². The van der Waals surface area contributed by atoms with Crippen LogP contribution in [0.2, 0.25) is 6.55 Å². The minimum Gasteiger partial charge on any atom is -0.310 e. The lowest BCUT2D eigenvalue weighted by molar-refractivity contribution is 1.30. The number of nitrogens with zero attached hydrogens (tertiary/aromatic N) is 3. The van der Waals surface area contributed by atoms with Gasteiger partial charge in [-0.2, -0.15) is 0 Å². The van der Waals surface area contributed by atoms with Crippen molar-refractivity contribution in [2.24, 2.45) is 0 Å². The molecule has 0 aliphatic carbocycles. The van der Waals surface area contributed by atoms with Gasteiger partial charge in [-0.05, 0) is 97.8 Å². The first kappa shape index (κ1) is 35.0. The van der Waals surface area contributed by atoms with Crippen LogP contribution in [0.15, 0.2) is 218 Å². The summed E-state index contributed by atoms with van der Waals surface area (Å²) < 4.78 is 0. The minimum atomic E-state index is -2.29. The van der Waals surface area contributed by atoms with Crippen molar-refractivity contribution in [1.29, 1.82) is 0 Å². The second-order valence-corrected chi connectivity index (χ2v) is 18.9. The second kappa shape index (κ2) is 14.6. The van der Waals surface area contributed by atoms with Gasteiger partial charge in [-0.15, -0.1) is 0 Å². The van der Waals surface area contributed by atoms with Crippen molar-refractivity contribution < 1.29 is 0 Å². The normalized spacial score (nSPS) is 11.5. The van der Waals surface area contributed by atoms with E-state index in [1.54, 1.807) is 0 Å². The van der Waals surface area contributed by atoms with Gasteiger partial charge in [0.1, 0.15) is 8.07 Å². The van der Waals surface area contributed by atoms with Crippen LogP contribution in [-0.4, -0.2) is 8.07 Å². The molecule has 0 aliphatic heterocycles. The van der Waals surface area contributed by atoms with E-state index in [1.165, 1.54) is 47.9 Å². The zero-order valence-electron chi connectivity index (χ0n) is 32.1. The number of hydrogen-bond acceptors (Lipinski definition) is 2. The fraction of sp³-hybridized carbons (Fsp3) is 0.0185. The Bertz CT molecular complexity index is 3010. The molecule has 0 unspecified atom stereocenters. The van der Waals surface area contributed by atoms with Crippen LogP contribution in [0, 0.1) is 6.57 Å². The van der Waals surface area contributed by atoms with Crippen molar-refractivity contribution in [3.63, 3.8) is 0 Å². The molecule has 10 aromatic carbocycles. The molecular formula is C54H39N3Si. The molecule has 0 heterocycles. The molecule has 0 bridgehead atoms. The van der Waals surface area contributed by atoms with Gasteiger partial charge in [-0.3, -0.25) is 0 Å². The lowest BCUT2D eigenvalue weighted by atomic mass is 9.91. The summed E-state index contributed by atoms with van der Waals surface area (Å²) >= 11 is 0. The lowest BCUT2D eigenvalue weighted by Crippen LogP contribution is -2.64. The van der Waals surface area contributed by atoms with Crippen LogP contribution in [0.5, 0.6) is 0 Å². The van der Waals surface area contributed by atoms with Crippen LogP contribution in [-0.2, 0) is 0 Å². The molecule has 0 aromatic heterocycles. The lowest BCUT2D eigenvalue weighted by Gasteiger charge is -2.31. The summed E-state index contributed by atoms with van der Waals surface area (Å²) in [5.74, 6) is 0. The van der Waals surface area contributed by atoms with Gasteiger partial charge in [0.05, 0.1) is 17.9 Å². The van der Waals surface area contributed by atoms with Crippen LogP contribution in [0.3, 0.4) is 0 Å².